The molecule has 0 fully saturated rings. The monoisotopic (exact) mass is 396 g/mol. The Balaban J connectivity index is 1.57. The molecule has 7 heteroatoms. The van der Waals surface area contributed by atoms with Crippen LogP contribution < -0.4 is 10.6 Å². The molecule has 3 rings (SSSR count). The first-order chi connectivity index (χ1) is 13.5. The van der Waals surface area contributed by atoms with E-state index in [2.05, 4.69) is 15.6 Å². The van der Waals surface area contributed by atoms with Gasteiger partial charge in [0.1, 0.15) is 0 Å². The van der Waals surface area contributed by atoms with Crippen LogP contribution in [0.3, 0.4) is 0 Å². The molecule has 1 atom stereocenters. The Kier molecular flexibility index (Phi) is 6.45. The van der Waals surface area contributed by atoms with Gasteiger partial charge in [0, 0.05) is 29.6 Å². The molecule has 0 aliphatic carbocycles. The van der Waals surface area contributed by atoms with E-state index in [1.807, 2.05) is 42.0 Å². The van der Waals surface area contributed by atoms with E-state index in [-0.39, 0.29) is 6.04 Å². The van der Waals surface area contributed by atoms with Crippen LogP contribution in [0, 0.1) is 0 Å². The lowest BCUT2D eigenvalue weighted by molar-refractivity contribution is -0.136. The SMILES string of the molecule is CC[C@@H](NC(=O)C(=O)Nc1ccc(Cn2ccnc2)cc1)c1ccc(Cl)cc1. The van der Waals surface area contributed by atoms with E-state index >= 15 is 0 Å². The highest BCUT2D eigenvalue weighted by molar-refractivity contribution is 6.39. The number of rotatable bonds is 6. The van der Waals surface area contributed by atoms with Gasteiger partial charge in [-0.25, -0.2) is 4.98 Å². The molecule has 3 aromatic rings. The number of nitrogens with zero attached hydrogens (tertiary/aromatic N) is 2. The van der Waals surface area contributed by atoms with Gasteiger partial charge in [0.2, 0.25) is 0 Å². The van der Waals surface area contributed by atoms with E-state index in [4.69, 9.17) is 11.6 Å². The van der Waals surface area contributed by atoms with Crippen LogP contribution in [-0.2, 0) is 16.1 Å². The third-order valence-electron chi connectivity index (χ3n) is 4.33. The predicted octanol–water partition coefficient (Wildman–Crippen LogP) is 3.79. The second-order valence-electron chi connectivity index (χ2n) is 6.37. The highest BCUT2D eigenvalue weighted by Crippen LogP contribution is 2.19. The zero-order valence-corrected chi connectivity index (χ0v) is 16.2. The van der Waals surface area contributed by atoms with Gasteiger partial charge in [-0.2, -0.15) is 0 Å². The van der Waals surface area contributed by atoms with Gasteiger partial charge in [-0.1, -0.05) is 42.8 Å². The molecule has 2 amide bonds. The van der Waals surface area contributed by atoms with E-state index in [0.717, 1.165) is 11.1 Å². The summed E-state index contributed by atoms with van der Waals surface area (Å²) in [7, 11) is 0. The number of benzene rings is 2. The second-order valence-corrected chi connectivity index (χ2v) is 6.81. The minimum absolute atomic E-state index is 0.256. The van der Waals surface area contributed by atoms with Crippen LogP contribution in [0.15, 0.2) is 67.3 Å². The molecule has 28 heavy (non-hydrogen) atoms. The molecular formula is C21H21ClN4O2. The van der Waals surface area contributed by atoms with Crippen molar-refractivity contribution in [2.45, 2.75) is 25.9 Å². The number of anilines is 1. The van der Waals surface area contributed by atoms with E-state index in [1.54, 1.807) is 36.8 Å². The summed E-state index contributed by atoms with van der Waals surface area (Å²) >= 11 is 5.90. The Morgan fingerprint density at radius 3 is 2.39 bits per heavy atom. The van der Waals surface area contributed by atoms with Crippen molar-refractivity contribution in [2.24, 2.45) is 0 Å². The maximum Gasteiger partial charge on any atom is 0.313 e. The average Bonchev–Trinajstić information content (AvgIpc) is 3.21. The van der Waals surface area contributed by atoms with Crippen molar-refractivity contribution < 1.29 is 9.59 Å². The van der Waals surface area contributed by atoms with Gasteiger partial charge in [-0.05, 0) is 41.8 Å². The Morgan fingerprint density at radius 2 is 1.79 bits per heavy atom. The number of hydrogen-bond acceptors (Lipinski definition) is 3. The molecule has 0 aliphatic rings. The summed E-state index contributed by atoms with van der Waals surface area (Å²) in [5.41, 5.74) is 2.53. The van der Waals surface area contributed by atoms with Crippen molar-refractivity contribution in [3.05, 3.63) is 83.4 Å². The molecule has 2 aromatic carbocycles. The fourth-order valence-electron chi connectivity index (χ4n) is 2.81. The molecule has 6 nitrogen and oxygen atoms in total. The van der Waals surface area contributed by atoms with E-state index in [0.29, 0.717) is 23.7 Å². The summed E-state index contributed by atoms with van der Waals surface area (Å²) in [6, 6.07) is 14.3. The Morgan fingerprint density at radius 1 is 1.07 bits per heavy atom. The number of amides is 2. The fourth-order valence-corrected chi connectivity index (χ4v) is 2.94. The second kappa shape index (κ2) is 9.19. The molecule has 0 bridgehead atoms. The summed E-state index contributed by atoms with van der Waals surface area (Å²) in [4.78, 5) is 28.5. The Bertz CT molecular complexity index is 922. The first-order valence-electron chi connectivity index (χ1n) is 8.97. The Labute approximate surface area is 168 Å². The number of hydrogen-bond donors (Lipinski definition) is 2. The smallest absolute Gasteiger partial charge is 0.313 e. The van der Waals surface area contributed by atoms with Gasteiger partial charge < -0.3 is 15.2 Å². The molecule has 0 saturated carbocycles. The van der Waals surface area contributed by atoms with Gasteiger partial charge in [-0.15, -0.1) is 0 Å². The fraction of sp³-hybridized carbons (Fsp3) is 0.190. The molecule has 0 aliphatic heterocycles. The van der Waals surface area contributed by atoms with E-state index in [9.17, 15) is 9.59 Å². The molecule has 0 unspecified atom stereocenters. The minimum Gasteiger partial charge on any atom is -0.341 e. The first kappa shape index (κ1) is 19.6. The van der Waals surface area contributed by atoms with Crippen molar-refractivity contribution in [1.82, 2.24) is 14.9 Å². The molecule has 0 radical (unpaired) electrons. The van der Waals surface area contributed by atoms with Crippen molar-refractivity contribution in [2.75, 3.05) is 5.32 Å². The molecule has 144 valence electrons. The highest BCUT2D eigenvalue weighted by Gasteiger charge is 2.19. The van der Waals surface area contributed by atoms with Gasteiger partial charge in [0.25, 0.3) is 0 Å². The molecule has 1 aromatic heterocycles. The first-order valence-corrected chi connectivity index (χ1v) is 9.35. The van der Waals surface area contributed by atoms with Crippen molar-refractivity contribution in [3.63, 3.8) is 0 Å². The maximum absolute atomic E-state index is 12.3. The largest absolute Gasteiger partial charge is 0.341 e. The summed E-state index contributed by atoms with van der Waals surface area (Å²) in [6.07, 6.45) is 6.00. The van der Waals surface area contributed by atoms with Crippen LogP contribution in [-0.4, -0.2) is 21.4 Å². The number of nitrogens with one attached hydrogen (secondary N) is 2. The zero-order chi connectivity index (χ0) is 19.9. The van der Waals surface area contributed by atoms with Crippen molar-refractivity contribution in [1.29, 1.82) is 0 Å². The summed E-state index contributed by atoms with van der Waals surface area (Å²) in [5.74, 6) is -1.38. The number of imidazole rings is 1. The van der Waals surface area contributed by atoms with Crippen LogP contribution in [0.25, 0.3) is 0 Å². The normalized spacial score (nSPS) is 11.6. The molecule has 2 N–H and O–H groups in total. The molecule has 0 spiro atoms. The average molecular weight is 397 g/mol. The number of halogens is 1. The van der Waals surface area contributed by atoms with Crippen LogP contribution >= 0.6 is 11.6 Å². The van der Waals surface area contributed by atoms with Gasteiger partial charge >= 0.3 is 11.8 Å². The van der Waals surface area contributed by atoms with Crippen molar-refractivity contribution in [3.8, 4) is 0 Å². The quantitative estimate of drug-likeness (QED) is 0.622. The van der Waals surface area contributed by atoms with Gasteiger partial charge in [-0.3, -0.25) is 9.59 Å². The Hall–Kier alpha value is -3.12. The van der Waals surface area contributed by atoms with Crippen LogP contribution in [0.4, 0.5) is 5.69 Å². The molecule has 0 saturated heterocycles. The third-order valence-corrected chi connectivity index (χ3v) is 4.58. The topological polar surface area (TPSA) is 76.0 Å². The summed E-state index contributed by atoms with van der Waals surface area (Å²) in [5, 5.41) is 6.01. The van der Waals surface area contributed by atoms with Gasteiger partial charge in [0.05, 0.1) is 12.4 Å². The lowest BCUT2D eigenvalue weighted by atomic mass is 10.0. The zero-order valence-electron chi connectivity index (χ0n) is 15.4. The molecular weight excluding hydrogens is 376 g/mol. The minimum atomic E-state index is -0.699. The van der Waals surface area contributed by atoms with Crippen LogP contribution in [0.5, 0.6) is 0 Å². The van der Waals surface area contributed by atoms with Gasteiger partial charge in [0.15, 0.2) is 0 Å². The number of carbonyl (C=O) groups excluding carboxylic acids is 2. The van der Waals surface area contributed by atoms with E-state index < -0.39 is 11.8 Å². The van der Waals surface area contributed by atoms with Crippen LogP contribution in [0.2, 0.25) is 5.02 Å². The summed E-state index contributed by atoms with van der Waals surface area (Å²) in [6.45, 7) is 2.63. The lowest BCUT2D eigenvalue weighted by Gasteiger charge is -2.17. The predicted molar refractivity (Wildman–Crippen MR) is 109 cm³/mol. The lowest BCUT2D eigenvalue weighted by Crippen LogP contribution is -2.37. The number of carbonyl (C=O) groups is 2. The van der Waals surface area contributed by atoms with Crippen molar-refractivity contribution >= 4 is 29.1 Å². The highest BCUT2D eigenvalue weighted by atomic mass is 35.5. The third kappa shape index (κ3) is 5.20. The number of aromatic nitrogens is 2. The molecule has 1 heterocycles. The summed E-state index contributed by atoms with van der Waals surface area (Å²) < 4.78 is 1.95. The van der Waals surface area contributed by atoms with Crippen LogP contribution in [0.1, 0.15) is 30.5 Å². The standard InChI is InChI=1S/C21H21ClN4O2/c1-2-19(16-5-7-17(22)8-6-16)25-21(28)20(27)24-18-9-3-15(4-10-18)13-26-12-11-23-14-26/h3-12,14,19H,2,13H2,1H3,(H,24,27)(H,25,28)/t19-/m1/s1. The maximum atomic E-state index is 12.3. The van der Waals surface area contributed by atoms with E-state index in [1.165, 1.54) is 0 Å².